The van der Waals surface area contributed by atoms with Gasteiger partial charge in [-0.05, 0) is 31.2 Å². The van der Waals surface area contributed by atoms with Gasteiger partial charge in [-0.15, -0.1) is 0 Å². The summed E-state index contributed by atoms with van der Waals surface area (Å²) < 4.78 is 1.07. The lowest BCUT2D eigenvalue weighted by atomic mass is 10.0. The molecule has 1 amide bonds. The van der Waals surface area contributed by atoms with Crippen LogP contribution in [0.25, 0.3) is 0 Å². The summed E-state index contributed by atoms with van der Waals surface area (Å²) >= 11 is 3.55. The zero-order chi connectivity index (χ0) is 14.5. The van der Waals surface area contributed by atoms with E-state index in [1.807, 2.05) is 0 Å². The molecule has 2 rings (SSSR count). The summed E-state index contributed by atoms with van der Waals surface area (Å²) in [6, 6.07) is 6.69. The summed E-state index contributed by atoms with van der Waals surface area (Å²) in [5.74, 6) is 0.142. The lowest BCUT2D eigenvalue weighted by molar-refractivity contribution is -0.120. The Balaban J connectivity index is 2.28. The molecular weight excluding hydrogens is 318 g/mol. The van der Waals surface area contributed by atoms with Crippen LogP contribution in [0.1, 0.15) is 31.9 Å². The molecule has 1 fully saturated rings. The largest absolute Gasteiger partial charge is 0.369 e. The number of rotatable bonds is 4. The molecule has 1 aromatic carbocycles. The number of nitrogens with zero attached hydrogens (tertiary/aromatic N) is 1. The first kappa shape index (κ1) is 15.3. The van der Waals surface area contributed by atoms with E-state index in [2.05, 4.69) is 63.5 Å². The van der Waals surface area contributed by atoms with Crippen LogP contribution in [-0.4, -0.2) is 32.1 Å². The van der Waals surface area contributed by atoms with Crippen molar-refractivity contribution in [3.63, 3.8) is 0 Å². The number of halogens is 1. The van der Waals surface area contributed by atoms with Gasteiger partial charge in [0.25, 0.3) is 0 Å². The van der Waals surface area contributed by atoms with E-state index in [0.717, 1.165) is 24.1 Å². The molecule has 1 aromatic rings. The fourth-order valence-corrected chi connectivity index (χ4v) is 2.93. The van der Waals surface area contributed by atoms with Gasteiger partial charge in [0.1, 0.15) is 0 Å². The molecule has 0 spiro atoms. The number of hydrogen-bond acceptors (Lipinski definition) is 3. The van der Waals surface area contributed by atoms with Gasteiger partial charge >= 0.3 is 0 Å². The van der Waals surface area contributed by atoms with Crippen LogP contribution in [0.4, 0.5) is 5.69 Å². The monoisotopic (exact) mass is 339 g/mol. The van der Waals surface area contributed by atoms with Crippen LogP contribution >= 0.6 is 15.9 Å². The third kappa shape index (κ3) is 3.73. The maximum atomic E-state index is 11.5. The fraction of sp³-hybridized carbons (Fsp3) is 0.533. The van der Waals surface area contributed by atoms with Gasteiger partial charge in [-0.2, -0.15) is 0 Å². The van der Waals surface area contributed by atoms with E-state index in [0.29, 0.717) is 19.0 Å². The predicted octanol–water partition coefficient (Wildman–Crippen LogP) is 2.45. The Morgan fingerprint density at radius 2 is 2.25 bits per heavy atom. The van der Waals surface area contributed by atoms with Crippen molar-refractivity contribution in [3.05, 3.63) is 28.2 Å². The zero-order valence-corrected chi connectivity index (χ0v) is 13.7. The van der Waals surface area contributed by atoms with Crippen molar-refractivity contribution in [2.75, 3.05) is 31.1 Å². The Bertz CT molecular complexity index is 478. The van der Waals surface area contributed by atoms with E-state index in [-0.39, 0.29) is 5.91 Å². The minimum Gasteiger partial charge on any atom is -0.369 e. The Morgan fingerprint density at radius 1 is 1.45 bits per heavy atom. The summed E-state index contributed by atoms with van der Waals surface area (Å²) in [5.41, 5.74) is 2.49. The second kappa shape index (κ2) is 7.09. The minimum atomic E-state index is 0.142. The molecule has 1 atom stereocenters. The van der Waals surface area contributed by atoms with Gasteiger partial charge in [0.15, 0.2) is 0 Å². The molecule has 0 aromatic heterocycles. The molecule has 110 valence electrons. The van der Waals surface area contributed by atoms with Crippen molar-refractivity contribution in [1.29, 1.82) is 0 Å². The second-order valence-electron chi connectivity index (χ2n) is 5.07. The molecule has 0 aliphatic carbocycles. The average molecular weight is 340 g/mol. The second-order valence-corrected chi connectivity index (χ2v) is 5.99. The first-order valence-electron chi connectivity index (χ1n) is 7.16. The highest BCUT2D eigenvalue weighted by molar-refractivity contribution is 9.10. The number of anilines is 1. The highest BCUT2D eigenvalue weighted by Gasteiger charge is 2.19. The minimum absolute atomic E-state index is 0.142. The smallest absolute Gasteiger partial charge is 0.221 e. The molecule has 1 saturated heterocycles. The molecule has 0 bridgehead atoms. The van der Waals surface area contributed by atoms with Gasteiger partial charge in [0.2, 0.25) is 5.91 Å². The SMILES string of the molecule is CCNC(C)c1ccc(Br)cc1N1CCNC(=O)CC1. The Hall–Kier alpha value is -1.07. The van der Waals surface area contributed by atoms with Crippen molar-refractivity contribution >= 4 is 27.5 Å². The highest BCUT2D eigenvalue weighted by atomic mass is 79.9. The molecule has 5 heteroatoms. The summed E-state index contributed by atoms with van der Waals surface area (Å²) in [4.78, 5) is 13.8. The lowest BCUT2D eigenvalue weighted by Gasteiger charge is -2.27. The van der Waals surface area contributed by atoms with E-state index in [9.17, 15) is 4.79 Å². The molecule has 4 nitrogen and oxygen atoms in total. The van der Waals surface area contributed by atoms with Crippen molar-refractivity contribution < 1.29 is 4.79 Å². The third-order valence-corrected chi connectivity index (χ3v) is 4.12. The molecular formula is C15H22BrN3O. The maximum absolute atomic E-state index is 11.5. The van der Waals surface area contributed by atoms with Gasteiger partial charge in [0.05, 0.1) is 0 Å². The molecule has 1 aliphatic heterocycles. The van der Waals surface area contributed by atoms with E-state index in [1.54, 1.807) is 0 Å². The van der Waals surface area contributed by atoms with Crippen molar-refractivity contribution in [3.8, 4) is 0 Å². The number of carbonyl (C=O) groups is 1. The van der Waals surface area contributed by atoms with Gasteiger partial charge in [-0.25, -0.2) is 0 Å². The third-order valence-electron chi connectivity index (χ3n) is 3.62. The number of carbonyl (C=O) groups excluding carboxylic acids is 1. The standard InChI is InChI=1S/C15H22BrN3O/c1-3-17-11(2)13-5-4-12(16)10-14(13)19-8-6-15(20)18-7-9-19/h4-5,10-11,17H,3,6-9H2,1-2H3,(H,18,20). The molecule has 1 heterocycles. The number of benzene rings is 1. The topological polar surface area (TPSA) is 44.4 Å². The first-order chi connectivity index (χ1) is 9.61. The van der Waals surface area contributed by atoms with E-state index in [4.69, 9.17) is 0 Å². The molecule has 2 N–H and O–H groups in total. The molecule has 1 unspecified atom stereocenters. The Kier molecular flexibility index (Phi) is 5.43. The van der Waals surface area contributed by atoms with Crippen LogP contribution in [0.5, 0.6) is 0 Å². The van der Waals surface area contributed by atoms with Crippen LogP contribution < -0.4 is 15.5 Å². The normalized spacial score (nSPS) is 17.6. The Morgan fingerprint density at radius 3 is 3.00 bits per heavy atom. The van der Waals surface area contributed by atoms with Crippen molar-refractivity contribution in [2.45, 2.75) is 26.3 Å². The first-order valence-corrected chi connectivity index (χ1v) is 7.95. The van der Waals surface area contributed by atoms with Crippen LogP contribution in [0.15, 0.2) is 22.7 Å². The fourth-order valence-electron chi connectivity index (χ4n) is 2.58. The summed E-state index contributed by atoms with van der Waals surface area (Å²) in [6.45, 7) is 7.57. The zero-order valence-electron chi connectivity index (χ0n) is 12.1. The molecule has 1 aliphatic rings. The molecule has 20 heavy (non-hydrogen) atoms. The van der Waals surface area contributed by atoms with E-state index >= 15 is 0 Å². The lowest BCUT2D eigenvalue weighted by Crippen LogP contribution is -2.30. The quantitative estimate of drug-likeness (QED) is 0.885. The predicted molar refractivity (Wildman–Crippen MR) is 86.1 cm³/mol. The maximum Gasteiger partial charge on any atom is 0.221 e. The van der Waals surface area contributed by atoms with Crippen LogP contribution in [0, 0.1) is 0 Å². The van der Waals surface area contributed by atoms with Crippen LogP contribution in [-0.2, 0) is 4.79 Å². The van der Waals surface area contributed by atoms with Gasteiger partial charge in [-0.3, -0.25) is 4.79 Å². The molecule has 0 saturated carbocycles. The highest BCUT2D eigenvalue weighted by Crippen LogP contribution is 2.30. The van der Waals surface area contributed by atoms with E-state index < -0.39 is 0 Å². The van der Waals surface area contributed by atoms with Crippen LogP contribution in [0.3, 0.4) is 0 Å². The summed E-state index contributed by atoms with van der Waals surface area (Å²) in [7, 11) is 0. The van der Waals surface area contributed by atoms with Crippen LogP contribution in [0.2, 0.25) is 0 Å². The number of hydrogen-bond donors (Lipinski definition) is 2. The number of amides is 1. The molecule has 0 radical (unpaired) electrons. The average Bonchev–Trinajstić information content (AvgIpc) is 2.63. The van der Waals surface area contributed by atoms with Gasteiger partial charge in [0, 0.05) is 42.3 Å². The summed E-state index contributed by atoms with van der Waals surface area (Å²) in [6.07, 6.45) is 0.557. The van der Waals surface area contributed by atoms with Crippen molar-refractivity contribution in [2.24, 2.45) is 0 Å². The van der Waals surface area contributed by atoms with Gasteiger partial charge in [-0.1, -0.05) is 28.9 Å². The Labute approximate surface area is 129 Å². The number of nitrogens with one attached hydrogen (secondary N) is 2. The van der Waals surface area contributed by atoms with Crippen molar-refractivity contribution in [1.82, 2.24) is 10.6 Å². The van der Waals surface area contributed by atoms with Gasteiger partial charge < -0.3 is 15.5 Å². The summed E-state index contributed by atoms with van der Waals surface area (Å²) in [5, 5.41) is 6.39. The van der Waals surface area contributed by atoms with E-state index in [1.165, 1.54) is 11.3 Å².